The van der Waals surface area contributed by atoms with Crippen LogP contribution in [0.15, 0.2) is 84.9 Å². The van der Waals surface area contributed by atoms with Crippen LogP contribution in [0.5, 0.6) is 5.75 Å². The highest BCUT2D eigenvalue weighted by Gasteiger charge is 2.16. The van der Waals surface area contributed by atoms with Gasteiger partial charge in [-0.05, 0) is 64.8 Å². The number of rotatable bonds is 18. The Kier molecular flexibility index (Phi) is 13.3. The Bertz CT molecular complexity index is 1360. The highest BCUT2D eigenvalue weighted by atomic mass is 19.2. The summed E-state index contributed by atoms with van der Waals surface area (Å²) >= 11 is 0. The quantitative estimate of drug-likeness (QED) is 0.106. The van der Waals surface area contributed by atoms with E-state index in [0.29, 0.717) is 12.2 Å². The van der Waals surface area contributed by atoms with E-state index in [1.807, 2.05) is 24.3 Å². The van der Waals surface area contributed by atoms with Crippen molar-refractivity contribution in [3.05, 3.63) is 102 Å². The first-order valence-electron chi connectivity index (χ1n) is 16.5. The molecule has 0 aliphatic rings. The van der Waals surface area contributed by atoms with Crippen LogP contribution in [0.1, 0.15) is 96.5 Å². The molecule has 4 aromatic rings. The van der Waals surface area contributed by atoms with E-state index in [0.717, 1.165) is 36.8 Å². The van der Waals surface area contributed by atoms with Crippen molar-refractivity contribution in [2.24, 2.45) is 0 Å². The topological polar surface area (TPSA) is 9.23 Å². The Hall–Kier alpha value is -3.46. The average molecular weight is 583 g/mol. The van der Waals surface area contributed by atoms with Crippen LogP contribution in [0.25, 0.3) is 33.4 Å². The number of ether oxygens (including phenoxy) is 1. The van der Waals surface area contributed by atoms with Gasteiger partial charge in [0.05, 0.1) is 6.61 Å². The summed E-state index contributed by atoms with van der Waals surface area (Å²) in [6.45, 7) is 4.85. The molecule has 0 aromatic heterocycles. The second-order valence-electron chi connectivity index (χ2n) is 11.7. The average Bonchev–Trinajstić information content (AvgIpc) is 3.05. The van der Waals surface area contributed by atoms with Crippen LogP contribution >= 0.6 is 0 Å². The van der Waals surface area contributed by atoms with Gasteiger partial charge in [0.2, 0.25) is 5.82 Å². The zero-order valence-electron chi connectivity index (χ0n) is 26.1. The largest absolute Gasteiger partial charge is 0.490 e. The smallest absolute Gasteiger partial charge is 0.201 e. The minimum atomic E-state index is -0.918. The van der Waals surface area contributed by atoms with Crippen molar-refractivity contribution in [2.45, 2.75) is 97.3 Å². The molecular weight excluding hydrogens is 534 g/mol. The van der Waals surface area contributed by atoms with Crippen LogP contribution in [-0.2, 0) is 6.42 Å². The molecule has 0 radical (unpaired) electrons. The van der Waals surface area contributed by atoms with Gasteiger partial charge in [0.25, 0.3) is 0 Å². The van der Waals surface area contributed by atoms with Crippen LogP contribution in [0.3, 0.4) is 0 Å². The fraction of sp³-hybridized carbons (Fsp3) is 0.400. The van der Waals surface area contributed by atoms with Gasteiger partial charge in [-0.25, -0.2) is 4.39 Å². The number of unbranched alkanes of at least 4 members (excludes halogenated alkanes) is 10. The summed E-state index contributed by atoms with van der Waals surface area (Å²) in [5, 5.41) is 0. The molecule has 0 atom stereocenters. The minimum absolute atomic E-state index is 0.0148. The molecule has 0 aliphatic carbocycles. The lowest BCUT2D eigenvalue weighted by molar-refractivity contribution is 0.285. The second-order valence-corrected chi connectivity index (χ2v) is 11.7. The minimum Gasteiger partial charge on any atom is -0.490 e. The van der Waals surface area contributed by atoms with Crippen LogP contribution in [0.2, 0.25) is 0 Å². The molecule has 228 valence electrons. The fourth-order valence-electron chi connectivity index (χ4n) is 5.60. The maximum atomic E-state index is 15.0. The lowest BCUT2D eigenvalue weighted by Crippen LogP contribution is -2.01. The van der Waals surface area contributed by atoms with E-state index >= 15 is 0 Å². The second kappa shape index (κ2) is 17.6. The lowest BCUT2D eigenvalue weighted by Gasteiger charge is -2.11. The first-order valence-corrected chi connectivity index (χ1v) is 16.5. The summed E-state index contributed by atoms with van der Waals surface area (Å²) in [7, 11) is 0. The Morgan fingerprint density at radius 1 is 0.442 bits per heavy atom. The van der Waals surface area contributed by atoms with Crippen molar-refractivity contribution in [1.29, 1.82) is 0 Å². The van der Waals surface area contributed by atoms with Gasteiger partial charge in [-0.2, -0.15) is 4.39 Å². The number of aryl methyl sites for hydroxylation is 1. The number of hydrogen-bond donors (Lipinski definition) is 0. The zero-order chi connectivity index (χ0) is 30.3. The van der Waals surface area contributed by atoms with Gasteiger partial charge in [-0.3, -0.25) is 0 Å². The Balaban J connectivity index is 1.31. The third-order valence-corrected chi connectivity index (χ3v) is 8.32. The van der Waals surface area contributed by atoms with Crippen LogP contribution in [-0.4, -0.2) is 6.61 Å². The summed E-state index contributed by atoms with van der Waals surface area (Å²) in [6.07, 6.45) is 15.8. The number of halogens is 2. The molecule has 0 heterocycles. The first kappa shape index (κ1) is 32.5. The SMILES string of the molecule is CCCCCCCCOc1ccc(-c2ccc(-c3ccc(-c4ccc(CCCCCCCC)cc4)cc3)cc2)c(F)c1F. The van der Waals surface area contributed by atoms with E-state index in [4.69, 9.17) is 4.74 Å². The van der Waals surface area contributed by atoms with Gasteiger partial charge < -0.3 is 4.74 Å². The summed E-state index contributed by atoms with van der Waals surface area (Å²) in [5.41, 5.74) is 6.80. The molecule has 0 spiro atoms. The molecule has 0 saturated carbocycles. The van der Waals surface area contributed by atoms with E-state index < -0.39 is 11.6 Å². The predicted molar refractivity (Wildman–Crippen MR) is 179 cm³/mol. The summed E-state index contributed by atoms with van der Waals surface area (Å²) in [6, 6.07) is 28.2. The van der Waals surface area contributed by atoms with Crippen molar-refractivity contribution in [2.75, 3.05) is 6.61 Å². The van der Waals surface area contributed by atoms with Crippen molar-refractivity contribution in [3.63, 3.8) is 0 Å². The molecule has 0 fully saturated rings. The maximum Gasteiger partial charge on any atom is 0.201 e. The van der Waals surface area contributed by atoms with Gasteiger partial charge in [0, 0.05) is 5.56 Å². The van der Waals surface area contributed by atoms with Crippen LogP contribution < -0.4 is 4.74 Å². The monoisotopic (exact) mass is 582 g/mol. The Morgan fingerprint density at radius 2 is 0.884 bits per heavy atom. The van der Waals surface area contributed by atoms with Crippen molar-refractivity contribution in [3.8, 4) is 39.1 Å². The van der Waals surface area contributed by atoms with E-state index in [1.54, 1.807) is 12.1 Å². The molecule has 0 bridgehead atoms. The molecule has 0 aliphatic heterocycles. The molecule has 0 N–H and O–H groups in total. The van der Waals surface area contributed by atoms with Gasteiger partial charge in [0.15, 0.2) is 11.6 Å². The van der Waals surface area contributed by atoms with E-state index in [9.17, 15) is 8.78 Å². The van der Waals surface area contributed by atoms with Crippen LogP contribution in [0, 0.1) is 11.6 Å². The number of benzene rings is 4. The Labute approximate surface area is 258 Å². The van der Waals surface area contributed by atoms with Gasteiger partial charge in [0.1, 0.15) is 0 Å². The molecule has 0 amide bonds. The van der Waals surface area contributed by atoms with Crippen LogP contribution in [0.4, 0.5) is 8.78 Å². The molecule has 0 unspecified atom stereocenters. The first-order chi connectivity index (χ1) is 21.1. The molecule has 0 saturated heterocycles. The molecule has 3 heteroatoms. The maximum absolute atomic E-state index is 15.0. The summed E-state index contributed by atoms with van der Waals surface area (Å²) in [4.78, 5) is 0. The van der Waals surface area contributed by atoms with Crippen molar-refractivity contribution >= 4 is 0 Å². The highest BCUT2D eigenvalue weighted by Crippen LogP contribution is 2.32. The highest BCUT2D eigenvalue weighted by molar-refractivity contribution is 5.73. The normalized spacial score (nSPS) is 11.2. The van der Waals surface area contributed by atoms with E-state index in [2.05, 4.69) is 62.4 Å². The molecule has 1 nitrogen and oxygen atoms in total. The van der Waals surface area contributed by atoms with Gasteiger partial charge >= 0.3 is 0 Å². The van der Waals surface area contributed by atoms with Gasteiger partial charge in [-0.15, -0.1) is 0 Å². The zero-order valence-corrected chi connectivity index (χ0v) is 26.1. The number of hydrogen-bond acceptors (Lipinski definition) is 1. The summed E-state index contributed by atoms with van der Waals surface area (Å²) < 4.78 is 35.3. The predicted octanol–water partition coefficient (Wildman–Crippen LogP) is 12.6. The lowest BCUT2D eigenvalue weighted by atomic mass is 9.97. The van der Waals surface area contributed by atoms with Crippen molar-refractivity contribution in [1.82, 2.24) is 0 Å². The third kappa shape index (κ3) is 9.78. The standard InChI is InChI=1S/C40H48F2O/c1-3-5-7-9-11-13-15-31-16-18-32(19-17-31)33-20-22-34(23-21-33)35-24-26-36(27-25-35)37-28-29-38(40(42)39(37)41)43-30-14-12-10-8-6-4-2/h16-29H,3-15,30H2,1-2H3. The van der Waals surface area contributed by atoms with Gasteiger partial charge in [-0.1, -0.05) is 151 Å². The third-order valence-electron chi connectivity index (χ3n) is 8.32. The Morgan fingerprint density at radius 3 is 1.42 bits per heavy atom. The fourth-order valence-corrected chi connectivity index (χ4v) is 5.60. The van der Waals surface area contributed by atoms with Crippen molar-refractivity contribution < 1.29 is 13.5 Å². The molecule has 4 rings (SSSR count). The molecule has 43 heavy (non-hydrogen) atoms. The van der Waals surface area contributed by atoms with E-state index in [-0.39, 0.29) is 11.3 Å². The molecular formula is C40H48F2O. The van der Waals surface area contributed by atoms with E-state index in [1.165, 1.54) is 74.5 Å². The molecule has 4 aromatic carbocycles. The summed E-state index contributed by atoms with van der Waals surface area (Å²) in [5.74, 6) is -1.80.